The summed E-state index contributed by atoms with van der Waals surface area (Å²) in [6, 6.07) is 58.8. The fraction of sp³-hybridized carbons (Fsp3) is 0.195. The first kappa shape index (κ1) is 83.4. The molecule has 606 valence electrons. The van der Waals surface area contributed by atoms with E-state index in [-0.39, 0.29) is 111 Å². The van der Waals surface area contributed by atoms with E-state index >= 15 is 0 Å². The van der Waals surface area contributed by atoms with Crippen molar-refractivity contribution in [1.29, 1.82) is 0 Å². The summed E-state index contributed by atoms with van der Waals surface area (Å²) in [5.41, 5.74) is 4.39. The van der Waals surface area contributed by atoms with Crippen LogP contribution in [0.25, 0.3) is 91.4 Å². The number of carbonyl (C=O) groups excluding carboxylic acids is 8. The Bertz CT molecular complexity index is 5710. The number of ether oxygens (including phenoxy) is 4. The minimum Gasteiger partial charge on any atom is -0.449 e. The summed E-state index contributed by atoms with van der Waals surface area (Å²) in [5, 5.41) is 24.2. The van der Waals surface area contributed by atoms with E-state index in [1.54, 1.807) is 121 Å². The van der Waals surface area contributed by atoms with Gasteiger partial charge in [-0.25, -0.2) is 36.7 Å². The first-order valence-corrected chi connectivity index (χ1v) is 37.6. The average Bonchev–Trinajstić information content (AvgIpc) is 1.72. The van der Waals surface area contributed by atoms with Crippen molar-refractivity contribution in [2.45, 2.75) is 90.3 Å². The lowest BCUT2D eigenvalue weighted by atomic mass is 9.90. The van der Waals surface area contributed by atoms with Gasteiger partial charge in [0.15, 0.2) is 0 Å². The molecule has 0 saturated heterocycles. The van der Waals surface area contributed by atoms with Crippen LogP contribution in [0.2, 0.25) is 0 Å². The van der Waals surface area contributed by atoms with Crippen molar-refractivity contribution in [3.05, 3.63) is 276 Å². The molecule has 13 aromatic rings. The second-order valence-electron chi connectivity index (χ2n) is 26.7. The molecule has 4 aromatic heterocycles. The number of benzene rings is 9. The van der Waals surface area contributed by atoms with Crippen LogP contribution in [0.5, 0.6) is 0 Å². The van der Waals surface area contributed by atoms with Gasteiger partial charge >= 0.3 is 24.4 Å². The van der Waals surface area contributed by atoms with Crippen molar-refractivity contribution in [2.75, 3.05) is 13.2 Å². The molecule has 2 fully saturated rings. The maximum Gasteiger partial charge on any atom is 0.414 e. The van der Waals surface area contributed by atoms with Crippen molar-refractivity contribution in [1.82, 2.24) is 61.8 Å². The minimum atomic E-state index is -0.861. The molecular formula is C87H74F4N12O16. The second-order valence-corrected chi connectivity index (χ2v) is 26.7. The fourth-order valence-corrected chi connectivity index (χ4v) is 12.1. The molecule has 119 heavy (non-hydrogen) atoms. The lowest BCUT2D eigenvalue weighted by Crippen LogP contribution is -2.34. The summed E-state index contributed by atoms with van der Waals surface area (Å²) < 4.78 is 96.6. The Labute approximate surface area is 676 Å². The van der Waals surface area contributed by atoms with Gasteiger partial charge in [-0.2, -0.15) is 19.9 Å². The number of alkyl carbamates (subject to hydrolysis) is 4. The molecule has 0 unspecified atom stereocenters. The van der Waals surface area contributed by atoms with Gasteiger partial charge in [0.05, 0.1) is 35.5 Å². The molecular weight excluding hydrogens is 1550 g/mol. The smallest absolute Gasteiger partial charge is 0.414 e. The average molecular weight is 1620 g/mol. The van der Waals surface area contributed by atoms with Crippen LogP contribution in [-0.4, -0.2) is 108 Å². The number of hydrogen-bond acceptors (Lipinski definition) is 24. The zero-order valence-electron chi connectivity index (χ0n) is 63.5. The number of hydrogen-bond donors (Lipinski definition) is 4. The van der Waals surface area contributed by atoms with Crippen LogP contribution in [0.15, 0.2) is 243 Å². The molecule has 0 radical (unpaired) electrons. The van der Waals surface area contributed by atoms with Crippen LogP contribution in [0, 0.1) is 29.2 Å². The van der Waals surface area contributed by atoms with Gasteiger partial charge in [0.1, 0.15) is 36.0 Å². The number of nitrogens with one attached hydrogen (secondary N) is 4. The van der Waals surface area contributed by atoms with Crippen LogP contribution in [0.4, 0.5) is 36.7 Å². The highest BCUT2D eigenvalue weighted by atomic mass is 19.1. The number of imide groups is 4. The van der Waals surface area contributed by atoms with Crippen molar-refractivity contribution >= 4 is 48.0 Å². The van der Waals surface area contributed by atoms with Gasteiger partial charge < -0.3 is 37.0 Å². The molecule has 2 aliphatic rings. The number of halogens is 4. The fourth-order valence-electron chi connectivity index (χ4n) is 12.1. The van der Waals surface area contributed by atoms with Gasteiger partial charge in [-0.05, 0) is 153 Å². The molecule has 0 spiro atoms. The molecule has 28 nitrogen and oxygen atoms in total. The third-order valence-corrected chi connectivity index (χ3v) is 18.2. The molecule has 9 aromatic carbocycles. The highest BCUT2D eigenvalue weighted by Crippen LogP contribution is 2.31. The Morgan fingerprint density at radius 2 is 0.664 bits per heavy atom. The summed E-state index contributed by atoms with van der Waals surface area (Å²) in [6.45, 7) is 2.43. The molecule has 4 N–H and O–H groups in total. The maximum absolute atomic E-state index is 13.9. The number of amides is 8. The molecule has 4 heterocycles. The van der Waals surface area contributed by atoms with Gasteiger partial charge in [0.2, 0.25) is 23.3 Å². The third kappa shape index (κ3) is 23.6. The first-order valence-electron chi connectivity index (χ1n) is 37.6. The van der Waals surface area contributed by atoms with Crippen LogP contribution in [0.1, 0.15) is 125 Å². The number of nitrogens with zero attached hydrogens (tertiary/aromatic N) is 8. The van der Waals surface area contributed by atoms with Crippen LogP contribution in [0.3, 0.4) is 0 Å². The van der Waals surface area contributed by atoms with E-state index in [0.717, 1.165) is 63.4 Å². The summed E-state index contributed by atoms with van der Waals surface area (Å²) >= 11 is 0. The van der Waals surface area contributed by atoms with E-state index in [2.05, 4.69) is 61.8 Å². The van der Waals surface area contributed by atoms with Crippen molar-refractivity contribution in [3.63, 3.8) is 0 Å². The van der Waals surface area contributed by atoms with E-state index in [9.17, 15) is 55.9 Å². The zero-order valence-corrected chi connectivity index (χ0v) is 63.5. The van der Waals surface area contributed by atoms with Gasteiger partial charge in [-0.3, -0.25) is 40.4 Å². The Kier molecular flexibility index (Phi) is 29.0. The number of carbonyl (C=O) groups is 8. The summed E-state index contributed by atoms with van der Waals surface area (Å²) in [5.74, 6) is -3.09. The zero-order chi connectivity index (χ0) is 83.4. The number of aromatic nitrogens is 8. The SMILES string of the molecule is CCCOC(=O)NC(=O)c1cccc(-c2noc(-c3ccccc3F)n2)c1.O=C(NC(=O)c1cccc(-c2noc(-c3ccccc3F)n2)c1)OC1CCCCC1.O=C(NC(=O)c1cccc(-c2noc(-c3ccccc3F)n2)c1)OCC1CCCCC1.O=C(NC(=O)c1cccc(-c2noc(-c3ccccc3F)n2)c1)OCc1ccccc1. The molecule has 32 heteroatoms. The molecule has 0 atom stereocenters. The first-order chi connectivity index (χ1) is 57.9. The molecule has 0 aliphatic heterocycles. The van der Waals surface area contributed by atoms with Crippen molar-refractivity contribution < 1.29 is 93.0 Å². The monoisotopic (exact) mass is 1620 g/mol. The topological polar surface area (TPSA) is 377 Å². The maximum atomic E-state index is 13.9. The van der Waals surface area contributed by atoms with E-state index in [0.29, 0.717) is 41.2 Å². The van der Waals surface area contributed by atoms with Gasteiger partial charge in [-0.15, -0.1) is 0 Å². The van der Waals surface area contributed by atoms with Gasteiger partial charge in [0, 0.05) is 44.5 Å². The van der Waals surface area contributed by atoms with Crippen LogP contribution in [-0.2, 0) is 25.6 Å². The second kappa shape index (κ2) is 41.4. The van der Waals surface area contributed by atoms with E-state index in [1.165, 1.54) is 91.3 Å². The van der Waals surface area contributed by atoms with Crippen LogP contribution < -0.4 is 21.3 Å². The molecule has 0 bridgehead atoms. The molecule has 15 rings (SSSR count). The largest absolute Gasteiger partial charge is 0.449 e. The van der Waals surface area contributed by atoms with Gasteiger partial charge in [0.25, 0.3) is 47.2 Å². The summed E-state index contributed by atoms with van der Waals surface area (Å²) in [4.78, 5) is 114. The number of rotatable bonds is 19. The predicted octanol–water partition coefficient (Wildman–Crippen LogP) is 18.2. The Morgan fingerprint density at radius 3 is 1.01 bits per heavy atom. The highest BCUT2D eigenvalue weighted by Gasteiger charge is 2.25. The molecule has 2 aliphatic carbocycles. The van der Waals surface area contributed by atoms with Gasteiger partial charge in [-0.1, -0.05) is 181 Å². The Balaban J connectivity index is 0.000000146. The summed E-state index contributed by atoms with van der Waals surface area (Å²) in [6.07, 6.45) is 7.75. The van der Waals surface area contributed by atoms with Crippen molar-refractivity contribution in [2.24, 2.45) is 5.92 Å². The van der Waals surface area contributed by atoms with Crippen molar-refractivity contribution in [3.8, 4) is 91.4 Å². The lowest BCUT2D eigenvalue weighted by molar-refractivity contribution is 0.0692. The quantitative estimate of drug-likeness (QED) is 0.0431. The van der Waals surface area contributed by atoms with E-state index in [1.807, 2.05) is 25.1 Å². The predicted molar refractivity (Wildman–Crippen MR) is 420 cm³/mol. The van der Waals surface area contributed by atoms with Crippen LogP contribution >= 0.6 is 0 Å². The molecule has 2 saturated carbocycles. The minimum absolute atomic E-state index is 0.0208. The van der Waals surface area contributed by atoms with E-state index in [4.69, 9.17) is 37.0 Å². The lowest BCUT2D eigenvalue weighted by Gasteiger charge is -2.21. The Morgan fingerprint density at radius 1 is 0.353 bits per heavy atom. The Hall–Kier alpha value is -15.0. The standard InChI is InChI=1S/C23H22FN3O4.C23H16FN3O4.C22H20FN3O4.C19H16FN3O4/c2*24-19-12-5-4-11-18(19)22-25-20(27-31-22)16-9-6-10-17(13-16)21(28)26-23(29)30-14-15-7-2-1-3-8-15;23-18-12-5-4-11-17(18)21-24-19(26-30-21)14-7-6-8-15(13-14)20(27)25-22(28)29-16-9-2-1-3-10-16;1-2-10-26-19(25)22-17(24)13-7-5-6-12(11-13)16-21-18(27-23-16)14-8-3-4-9-15(14)20/h4-6,9-13,15H,1-3,7-8,14H2,(H,26,28,29);1-13H,14H2,(H,26,28,29);4-8,11-13,16H,1-3,9-10H2,(H,25,27,28);3-9,11H,2,10H2,1H3,(H,22,24,25). The summed E-state index contributed by atoms with van der Waals surface area (Å²) in [7, 11) is 0. The highest BCUT2D eigenvalue weighted by molar-refractivity contribution is 6.05. The van der Waals surface area contributed by atoms with E-state index < -0.39 is 71.3 Å². The molecule has 8 amide bonds. The third-order valence-electron chi connectivity index (χ3n) is 18.2. The normalized spacial score (nSPS) is 12.4.